The van der Waals surface area contributed by atoms with Crippen molar-refractivity contribution in [2.45, 2.75) is 12.5 Å². The first-order valence-electron chi connectivity index (χ1n) is 3.96. The molecule has 0 amide bonds. The van der Waals surface area contributed by atoms with Crippen LogP contribution < -0.4 is 5.73 Å². The predicted molar refractivity (Wildman–Crippen MR) is 54.6 cm³/mol. The van der Waals surface area contributed by atoms with Gasteiger partial charge in [0.1, 0.15) is 17.6 Å². The maximum absolute atomic E-state index is 12.7. The Bertz CT molecular complexity index is 339. The van der Waals surface area contributed by atoms with Crippen molar-refractivity contribution in [1.82, 2.24) is 0 Å². The van der Waals surface area contributed by atoms with E-state index in [4.69, 9.17) is 15.9 Å². The largest absolute Gasteiger partial charge is 0.508 e. The lowest BCUT2D eigenvalue weighted by atomic mass is 10.1. The van der Waals surface area contributed by atoms with E-state index < -0.39 is 17.8 Å². The fraction of sp³-hybridized carbons (Fsp3) is 0.222. The van der Waals surface area contributed by atoms with E-state index in [2.05, 4.69) is 0 Å². The van der Waals surface area contributed by atoms with Crippen molar-refractivity contribution < 1.29 is 19.4 Å². The molecule has 84 valence electrons. The van der Waals surface area contributed by atoms with Crippen molar-refractivity contribution in [1.29, 1.82) is 0 Å². The summed E-state index contributed by atoms with van der Waals surface area (Å²) in [5, 5.41) is 17.5. The standard InChI is InChI=1S/C9H10FNO3.ClH/c10-6-1-5(2-7(12)4-6)3-8(11)9(13)14;/h1-2,4,8,12H,3,11H2,(H,13,14);1H/t8-;/m1./s1. The number of carbonyl (C=O) groups is 1. The van der Waals surface area contributed by atoms with Crippen LogP contribution >= 0.6 is 12.4 Å². The molecular weight excluding hydrogens is 225 g/mol. The monoisotopic (exact) mass is 235 g/mol. The Balaban J connectivity index is 0.00000196. The highest BCUT2D eigenvalue weighted by Gasteiger charge is 2.12. The number of aliphatic carboxylic acids is 1. The highest BCUT2D eigenvalue weighted by Crippen LogP contribution is 2.15. The maximum Gasteiger partial charge on any atom is 0.320 e. The molecule has 0 aliphatic heterocycles. The second kappa shape index (κ2) is 5.53. The molecule has 0 saturated carbocycles. The van der Waals surface area contributed by atoms with Gasteiger partial charge in [-0.15, -0.1) is 12.4 Å². The molecule has 0 heterocycles. The van der Waals surface area contributed by atoms with Crippen LogP contribution in [-0.2, 0) is 11.2 Å². The number of halogens is 2. The van der Waals surface area contributed by atoms with Crippen molar-refractivity contribution in [2.24, 2.45) is 5.73 Å². The molecule has 15 heavy (non-hydrogen) atoms. The summed E-state index contributed by atoms with van der Waals surface area (Å²) in [5.41, 5.74) is 5.60. The third-order valence-electron chi connectivity index (χ3n) is 1.72. The molecule has 0 aliphatic carbocycles. The van der Waals surface area contributed by atoms with E-state index in [9.17, 15) is 9.18 Å². The number of aromatic hydroxyl groups is 1. The molecule has 0 fully saturated rings. The fourth-order valence-electron chi connectivity index (χ4n) is 1.09. The number of hydrogen-bond donors (Lipinski definition) is 3. The molecule has 4 N–H and O–H groups in total. The number of carboxylic acids is 1. The van der Waals surface area contributed by atoms with Crippen LogP contribution in [0.3, 0.4) is 0 Å². The Morgan fingerprint density at radius 1 is 1.47 bits per heavy atom. The minimum atomic E-state index is -1.16. The van der Waals surface area contributed by atoms with Crippen molar-refractivity contribution in [3.8, 4) is 5.75 Å². The Morgan fingerprint density at radius 2 is 2.07 bits per heavy atom. The fourth-order valence-corrected chi connectivity index (χ4v) is 1.09. The number of nitrogens with two attached hydrogens (primary N) is 1. The van der Waals surface area contributed by atoms with E-state index in [1.165, 1.54) is 6.07 Å². The van der Waals surface area contributed by atoms with Crippen LogP contribution in [0.4, 0.5) is 4.39 Å². The van der Waals surface area contributed by atoms with E-state index >= 15 is 0 Å². The number of hydrogen-bond acceptors (Lipinski definition) is 3. The van der Waals surface area contributed by atoms with E-state index in [-0.39, 0.29) is 24.6 Å². The first-order valence-corrected chi connectivity index (χ1v) is 3.96. The highest BCUT2D eigenvalue weighted by molar-refractivity contribution is 5.85. The van der Waals surface area contributed by atoms with Crippen LogP contribution in [0.25, 0.3) is 0 Å². The average molecular weight is 236 g/mol. The molecule has 1 aromatic carbocycles. The molecule has 0 bridgehead atoms. The number of carboxylic acid groups (broad SMARTS) is 1. The van der Waals surface area contributed by atoms with Crippen LogP contribution in [0.2, 0.25) is 0 Å². The first kappa shape index (κ1) is 13.7. The minimum absolute atomic E-state index is 0. The van der Waals surface area contributed by atoms with E-state index in [1.54, 1.807) is 0 Å². The van der Waals surface area contributed by atoms with Crippen LogP contribution in [0, 0.1) is 5.82 Å². The smallest absolute Gasteiger partial charge is 0.320 e. The summed E-state index contributed by atoms with van der Waals surface area (Å²) in [4.78, 5) is 10.4. The Kier molecular flexibility index (Phi) is 5.04. The van der Waals surface area contributed by atoms with Gasteiger partial charge in [0.2, 0.25) is 0 Å². The highest BCUT2D eigenvalue weighted by atomic mass is 35.5. The van der Waals surface area contributed by atoms with Gasteiger partial charge in [-0.1, -0.05) is 0 Å². The summed E-state index contributed by atoms with van der Waals surface area (Å²) < 4.78 is 12.7. The van der Waals surface area contributed by atoms with Gasteiger partial charge in [-0.05, 0) is 24.1 Å². The third kappa shape index (κ3) is 4.14. The van der Waals surface area contributed by atoms with Crippen molar-refractivity contribution in [2.75, 3.05) is 0 Å². The van der Waals surface area contributed by atoms with Gasteiger partial charge < -0.3 is 15.9 Å². The molecule has 1 aromatic rings. The normalized spacial score (nSPS) is 11.6. The lowest BCUT2D eigenvalue weighted by Crippen LogP contribution is -2.32. The molecule has 1 atom stereocenters. The lowest BCUT2D eigenvalue weighted by Gasteiger charge is -2.06. The van der Waals surface area contributed by atoms with Gasteiger partial charge in [0, 0.05) is 6.07 Å². The van der Waals surface area contributed by atoms with Gasteiger partial charge >= 0.3 is 5.97 Å². The molecular formula is C9H11ClFNO3. The molecule has 1 rings (SSSR count). The van der Waals surface area contributed by atoms with Crippen molar-refractivity contribution in [3.63, 3.8) is 0 Å². The zero-order chi connectivity index (χ0) is 10.7. The van der Waals surface area contributed by atoms with Crippen LogP contribution in [0.5, 0.6) is 5.75 Å². The van der Waals surface area contributed by atoms with Gasteiger partial charge in [0.05, 0.1) is 0 Å². The predicted octanol–water partition coefficient (Wildman–Crippen LogP) is 0.908. The lowest BCUT2D eigenvalue weighted by molar-refractivity contribution is -0.138. The van der Waals surface area contributed by atoms with Gasteiger partial charge in [-0.2, -0.15) is 0 Å². The SMILES string of the molecule is Cl.N[C@H](Cc1cc(O)cc(F)c1)C(=O)O. The summed E-state index contributed by atoms with van der Waals surface area (Å²) in [6, 6.07) is 2.28. The van der Waals surface area contributed by atoms with Gasteiger partial charge in [0.15, 0.2) is 0 Å². The summed E-state index contributed by atoms with van der Waals surface area (Å²) in [7, 11) is 0. The topological polar surface area (TPSA) is 83.5 Å². The molecule has 4 nitrogen and oxygen atoms in total. The molecule has 0 spiro atoms. The molecule has 0 unspecified atom stereocenters. The number of benzene rings is 1. The molecule has 0 radical (unpaired) electrons. The average Bonchev–Trinajstić information content (AvgIpc) is 2.01. The summed E-state index contributed by atoms with van der Waals surface area (Å²) in [6.45, 7) is 0. The quantitative estimate of drug-likeness (QED) is 0.727. The number of phenols is 1. The van der Waals surface area contributed by atoms with Crippen LogP contribution in [0.1, 0.15) is 5.56 Å². The minimum Gasteiger partial charge on any atom is -0.508 e. The summed E-state index contributed by atoms with van der Waals surface area (Å²) in [6.07, 6.45) is -0.0132. The molecule has 0 aliphatic rings. The van der Waals surface area contributed by atoms with Crippen LogP contribution in [-0.4, -0.2) is 22.2 Å². The van der Waals surface area contributed by atoms with E-state index in [0.717, 1.165) is 12.1 Å². The Hall–Kier alpha value is -1.33. The molecule has 6 heteroatoms. The summed E-state index contributed by atoms with van der Waals surface area (Å²) >= 11 is 0. The second-order valence-corrected chi connectivity index (χ2v) is 2.97. The Labute approximate surface area is 91.9 Å². The van der Waals surface area contributed by atoms with Gasteiger partial charge in [-0.25, -0.2) is 4.39 Å². The summed E-state index contributed by atoms with van der Waals surface area (Å²) in [5.74, 6) is -2.01. The number of phenolic OH excluding ortho intramolecular Hbond substituents is 1. The van der Waals surface area contributed by atoms with Gasteiger partial charge in [-0.3, -0.25) is 4.79 Å². The van der Waals surface area contributed by atoms with E-state index in [1.807, 2.05) is 0 Å². The first-order chi connectivity index (χ1) is 6.49. The number of rotatable bonds is 3. The van der Waals surface area contributed by atoms with Gasteiger partial charge in [0.25, 0.3) is 0 Å². The van der Waals surface area contributed by atoms with Crippen molar-refractivity contribution in [3.05, 3.63) is 29.6 Å². The zero-order valence-corrected chi connectivity index (χ0v) is 8.50. The third-order valence-corrected chi connectivity index (χ3v) is 1.72. The van der Waals surface area contributed by atoms with Crippen LogP contribution in [0.15, 0.2) is 18.2 Å². The second-order valence-electron chi connectivity index (χ2n) is 2.97. The zero-order valence-electron chi connectivity index (χ0n) is 7.68. The molecule has 0 aromatic heterocycles. The van der Waals surface area contributed by atoms with Crippen molar-refractivity contribution >= 4 is 18.4 Å². The maximum atomic E-state index is 12.7. The van der Waals surface area contributed by atoms with E-state index in [0.29, 0.717) is 5.56 Å². The Morgan fingerprint density at radius 3 is 2.53 bits per heavy atom. The molecule has 0 saturated heterocycles.